The maximum atomic E-state index is 10.0. The van der Waals surface area contributed by atoms with Gasteiger partial charge in [-0.05, 0) is 0 Å². The van der Waals surface area contributed by atoms with E-state index in [9.17, 15) is 4.79 Å². The van der Waals surface area contributed by atoms with Gasteiger partial charge in [-0.1, -0.05) is 0 Å². The van der Waals surface area contributed by atoms with Crippen LogP contribution in [0.25, 0.3) is 0 Å². The van der Waals surface area contributed by atoms with Crippen LogP contribution in [-0.2, 0) is 13.9 Å². The molecule has 0 aliphatic rings. The van der Waals surface area contributed by atoms with Gasteiger partial charge in [0.2, 0.25) is 0 Å². The predicted octanol–water partition coefficient (Wildman–Crippen LogP) is 0.696. The number of ether oxygens (including phenoxy) is 1. The summed E-state index contributed by atoms with van der Waals surface area (Å²) in [5, 5.41) is 0. The van der Waals surface area contributed by atoms with E-state index in [1.807, 2.05) is 0 Å². The molecule has 0 atom stereocenters. The molecule has 0 saturated carbocycles. The first-order valence-electron chi connectivity index (χ1n) is 2.12. The highest BCUT2D eigenvalue weighted by Gasteiger charge is 1.82. The van der Waals surface area contributed by atoms with Gasteiger partial charge in [-0.2, -0.15) is 4.39 Å². The van der Waals surface area contributed by atoms with E-state index in [1.165, 1.54) is 13.1 Å². The topological polar surface area (TPSA) is 47.6 Å². The summed E-state index contributed by atoms with van der Waals surface area (Å²) in [6.45, 7) is 1.28. The summed E-state index contributed by atoms with van der Waals surface area (Å²) in [6.07, 6.45) is 2.35. The van der Waals surface area contributed by atoms with Gasteiger partial charge in [-0.3, -0.25) is 10.3 Å². The van der Waals surface area contributed by atoms with Crippen molar-refractivity contribution in [1.82, 2.24) is 5.48 Å². The Morgan fingerprint density at radius 3 is 2.89 bits per heavy atom. The van der Waals surface area contributed by atoms with Gasteiger partial charge in [0.1, 0.15) is 6.26 Å². The molecular weight excluding hydrogens is 146 g/mol. The third kappa shape index (κ3) is 7.26. The molecule has 0 aliphatic carbocycles. The van der Waals surface area contributed by atoms with Crippen molar-refractivity contribution in [2.75, 3.05) is 0 Å². The summed E-state index contributed by atoms with van der Waals surface area (Å²) in [5.41, 5.74) is 2.11. The van der Waals surface area contributed by atoms with Crippen LogP contribution >= 0.6 is 11.9 Å². The van der Waals surface area contributed by atoms with Crippen molar-refractivity contribution in [1.29, 1.82) is 0 Å². The molecule has 4 nitrogen and oxygen atoms in total. The zero-order chi connectivity index (χ0) is 7.11. The first-order chi connectivity index (χ1) is 4.27. The van der Waals surface area contributed by atoms with E-state index < -0.39 is 5.97 Å². The number of halogens is 1. The number of hydrogen-bond acceptors (Lipinski definition) is 4. The Hall–Kier alpha value is -0.740. The van der Waals surface area contributed by atoms with Crippen molar-refractivity contribution in [2.24, 2.45) is 0 Å². The Morgan fingerprint density at radius 1 is 1.78 bits per heavy atom. The van der Waals surface area contributed by atoms with Crippen molar-refractivity contribution < 1.29 is 13.9 Å². The number of hydrogen-bond donors (Lipinski definition) is 1. The molecule has 9 heavy (non-hydrogen) atoms. The van der Waals surface area contributed by atoms with E-state index in [2.05, 4.69) is 14.6 Å². The molecular formula is C4H6ClNO3. The number of esters is 1. The van der Waals surface area contributed by atoms with Crippen LogP contribution in [0.2, 0.25) is 0 Å². The van der Waals surface area contributed by atoms with Gasteiger partial charge in [0, 0.05) is 6.92 Å². The van der Waals surface area contributed by atoms with Crippen molar-refractivity contribution in [3.8, 4) is 0 Å². The Morgan fingerprint density at radius 2 is 2.44 bits per heavy atom. The number of nitrogens with one attached hydrogen (secondary N) is 1. The van der Waals surface area contributed by atoms with E-state index in [0.29, 0.717) is 0 Å². The molecule has 5 heteroatoms. The fraction of sp³-hybridized carbons (Fsp3) is 0.250. The van der Waals surface area contributed by atoms with Gasteiger partial charge >= 0.3 is 5.97 Å². The van der Waals surface area contributed by atoms with Crippen molar-refractivity contribution in [3.63, 3.8) is 0 Å². The van der Waals surface area contributed by atoms with Crippen LogP contribution in [0.3, 0.4) is 0 Å². The van der Waals surface area contributed by atoms with Crippen molar-refractivity contribution >= 4 is 17.8 Å². The third-order valence-electron chi connectivity index (χ3n) is 0.415. The molecule has 52 valence electrons. The molecule has 0 aromatic rings. The number of hydroxylamine groups is 1. The summed E-state index contributed by atoms with van der Waals surface area (Å²) >= 11 is 4.71. The Labute approximate surface area is 57.5 Å². The Kier molecular flexibility index (Phi) is 4.95. The van der Waals surface area contributed by atoms with Crippen LogP contribution in [-0.4, -0.2) is 5.97 Å². The fourth-order valence-corrected chi connectivity index (χ4v) is 0.235. The monoisotopic (exact) mass is 151 g/mol. The van der Waals surface area contributed by atoms with Crippen molar-refractivity contribution in [2.45, 2.75) is 6.92 Å². The van der Waals surface area contributed by atoms with Gasteiger partial charge in [-0.25, -0.2) is 0 Å². The lowest BCUT2D eigenvalue weighted by Gasteiger charge is -1.90. The van der Waals surface area contributed by atoms with Crippen LogP contribution in [0.4, 0.5) is 0 Å². The van der Waals surface area contributed by atoms with E-state index in [4.69, 9.17) is 11.9 Å². The van der Waals surface area contributed by atoms with E-state index in [-0.39, 0.29) is 0 Å². The molecule has 0 aromatic carbocycles. The Balaban J connectivity index is 3.14. The second-order valence-electron chi connectivity index (χ2n) is 1.11. The second-order valence-corrected chi connectivity index (χ2v) is 1.26. The molecule has 0 saturated heterocycles. The van der Waals surface area contributed by atoms with Gasteiger partial charge in [0.25, 0.3) is 0 Å². The van der Waals surface area contributed by atoms with Gasteiger partial charge in [-0.15, -0.1) is 0 Å². The third-order valence-corrected chi connectivity index (χ3v) is 0.504. The predicted molar refractivity (Wildman–Crippen MR) is 31.0 cm³/mol. The zero-order valence-corrected chi connectivity index (χ0v) is 5.51. The first kappa shape index (κ1) is 8.26. The molecule has 0 unspecified atom stereocenters. The average molecular weight is 152 g/mol. The maximum Gasteiger partial charge on any atom is 0.307 e. The minimum Gasteiger partial charge on any atom is -0.433 e. The van der Waals surface area contributed by atoms with Crippen LogP contribution in [0, 0.1) is 0 Å². The molecule has 0 heterocycles. The lowest BCUT2D eigenvalue weighted by Crippen LogP contribution is -1.98. The smallest absolute Gasteiger partial charge is 0.307 e. The van der Waals surface area contributed by atoms with Crippen LogP contribution < -0.4 is 5.48 Å². The fourth-order valence-electron chi connectivity index (χ4n) is 0.183. The molecule has 0 amide bonds. The largest absolute Gasteiger partial charge is 0.433 e. The molecule has 0 spiro atoms. The van der Waals surface area contributed by atoms with E-state index in [0.717, 1.165) is 6.26 Å². The zero-order valence-electron chi connectivity index (χ0n) is 4.76. The molecule has 0 aromatic heterocycles. The highest BCUT2D eigenvalue weighted by molar-refractivity contribution is 6.07. The standard InChI is InChI=1S/C4H6ClNO3/c1-4(7)8-3-2-6-9-5/h2-3,6H,1H3. The summed E-state index contributed by atoms with van der Waals surface area (Å²) in [4.78, 5) is 10.0. The molecule has 0 radical (unpaired) electrons. The van der Waals surface area contributed by atoms with Crippen LogP contribution in [0.15, 0.2) is 12.5 Å². The summed E-state index contributed by atoms with van der Waals surface area (Å²) in [6, 6.07) is 0. The highest BCUT2D eigenvalue weighted by Crippen LogP contribution is 1.77. The van der Waals surface area contributed by atoms with Gasteiger partial charge in [0.05, 0.1) is 18.1 Å². The average Bonchev–Trinajstić information content (AvgIpc) is 1.80. The molecule has 0 rings (SSSR count). The summed E-state index contributed by atoms with van der Waals surface area (Å²) in [7, 11) is 0. The first-order valence-corrected chi connectivity index (χ1v) is 2.43. The lowest BCUT2D eigenvalue weighted by molar-refractivity contribution is -0.135. The van der Waals surface area contributed by atoms with Gasteiger partial charge in [0.15, 0.2) is 0 Å². The highest BCUT2D eigenvalue weighted by atomic mass is 35.5. The summed E-state index contributed by atoms with van der Waals surface area (Å²) in [5.74, 6) is -0.400. The lowest BCUT2D eigenvalue weighted by atomic mass is 10.8. The van der Waals surface area contributed by atoms with E-state index in [1.54, 1.807) is 0 Å². The number of rotatable bonds is 3. The minimum absolute atomic E-state index is 0.400. The maximum absolute atomic E-state index is 10.0. The van der Waals surface area contributed by atoms with Crippen LogP contribution in [0.5, 0.6) is 0 Å². The quantitative estimate of drug-likeness (QED) is 0.366. The van der Waals surface area contributed by atoms with E-state index >= 15 is 0 Å². The van der Waals surface area contributed by atoms with Gasteiger partial charge < -0.3 is 4.74 Å². The minimum atomic E-state index is -0.400. The molecule has 0 fully saturated rings. The number of carbonyl (C=O) groups excluding carboxylic acids is 1. The normalized spacial score (nSPS) is 9.56. The summed E-state index contributed by atoms with van der Waals surface area (Å²) < 4.78 is 8.19. The molecule has 0 aliphatic heterocycles. The van der Waals surface area contributed by atoms with Crippen molar-refractivity contribution in [3.05, 3.63) is 12.5 Å². The SMILES string of the molecule is CC(=O)OC=CNOCl. The molecule has 1 N–H and O–H groups in total. The number of carbonyl (C=O) groups is 1. The second kappa shape index (κ2) is 5.40. The molecule has 0 bridgehead atoms. The Bertz CT molecular complexity index is 114. The van der Waals surface area contributed by atoms with Crippen LogP contribution in [0.1, 0.15) is 6.92 Å².